The lowest BCUT2D eigenvalue weighted by molar-refractivity contribution is -0.208. The molecule has 6 N–H and O–H groups in total. The van der Waals surface area contributed by atoms with E-state index in [-0.39, 0.29) is 13.2 Å². The molecule has 0 aliphatic carbocycles. The van der Waals surface area contributed by atoms with Crippen LogP contribution in [0.4, 0.5) is 0 Å². The van der Waals surface area contributed by atoms with Crippen LogP contribution in [0.25, 0.3) is 0 Å². The van der Waals surface area contributed by atoms with Gasteiger partial charge in [0.1, 0.15) is 0 Å². The van der Waals surface area contributed by atoms with E-state index in [0.29, 0.717) is 39.3 Å². The Morgan fingerprint density at radius 1 is 0.680 bits per heavy atom. The van der Waals surface area contributed by atoms with Crippen molar-refractivity contribution in [2.75, 3.05) is 39.6 Å². The normalized spacial score (nSPS) is 15.1. The fourth-order valence-electron chi connectivity index (χ4n) is 1.01. The number of ether oxygens (including phenoxy) is 3. The Labute approximate surface area is 150 Å². The highest BCUT2D eigenvalue weighted by Gasteiger charge is 2.05. The van der Waals surface area contributed by atoms with Gasteiger partial charge in [0.2, 0.25) is 0 Å². The Balaban J connectivity index is -0.000000293. The van der Waals surface area contributed by atoms with Crippen molar-refractivity contribution in [1.29, 1.82) is 0 Å². The first-order valence-electron chi connectivity index (χ1n) is 8.49. The average Bonchev–Trinajstić information content (AvgIpc) is 2.55. The lowest BCUT2D eigenvalue weighted by Gasteiger charge is -2.13. The van der Waals surface area contributed by atoms with Crippen LogP contribution in [0.5, 0.6) is 0 Å². The highest BCUT2D eigenvalue weighted by molar-refractivity contribution is 4.45. The van der Waals surface area contributed by atoms with Crippen molar-refractivity contribution in [2.45, 2.75) is 65.3 Å². The zero-order valence-electron chi connectivity index (χ0n) is 15.9. The molecule has 0 radical (unpaired) electrons. The van der Waals surface area contributed by atoms with Crippen LogP contribution in [0.3, 0.4) is 0 Å². The number of hydrogen-bond acceptors (Lipinski definition) is 9. The maximum Gasteiger partial charge on any atom is 0.157 e. The van der Waals surface area contributed by atoms with E-state index in [1.807, 2.05) is 0 Å². The van der Waals surface area contributed by atoms with Crippen LogP contribution in [0, 0.1) is 0 Å². The van der Waals surface area contributed by atoms with Crippen LogP contribution in [-0.2, 0) is 14.2 Å². The molecule has 0 fully saturated rings. The van der Waals surface area contributed by atoms with Gasteiger partial charge in [0.25, 0.3) is 0 Å². The molecule has 156 valence electrons. The quantitative estimate of drug-likeness (QED) is 0.191. The number of aliphatic hydroxyl groups excluding tert-OH is 6. The van der Waals surface area contributed by atoms with E-state index in [2.05, 4.69) is 9.47 Å². The second-order valence-corrected chi connectivity index (χ2v) is 5.16. The first-order valence-corrected chi connectivity index (χ1v) is 8.49. The van der Waals surface area contributed by atoms with Crippen LogP contribution in [-0.4, -0.2) is 95.1 Å². The predicted molar refractivity (Wildman–Crippen MR) is 92.9 cm³/mol. The summed E-state index contributed by atoms with van der Waals surface area (Å²) in [5.74, 6) is 0. The molecule has 0 amide bonds. The highest BCUT2D eigenvalue weighted by Crippen LogP contribution is 1.99. The van der Waals surface area contributed by atoms with Gasteiger partial charge in [-0.15, -0.1) is 0 Å². The van der Waals surface area contributed by atoms with Crippen molar-refractivity contribution in [2.24, 2.45) is 0 Å². The second kappa shape index (κ2) is 23.6. The molecule has 9 heteroatoms. The number of aliphatic hydroxyl groups is 6. The molecule has 25 heavy (non-hydrogen) atoms. The van der Waals surface area contributed by atoms with Crippen molar-refractivity contribution < 1.29 is 44.8 Å². The van der Waals surface area contributed by atoms with Gasteiger partial charge in [-0.2, -0.15) is 0 Å². The molecule has 0 spiro atoms. The largest absolute Gasteiger partial charge is 0.394 e. The first-order chi connectivity index (χ1) is 11.7. The topological polar surface area (TPSA) is 149 Å². The molecule has 0 aromatic carbocycles. The van der Waals surface area contributed by atoms with E-state index in [9.17, 15) is 0 Å². The van der Waals surface area contributed by atoms with Gasteiger partial charge in [-0.05, 0) is 26.7 Å². The van der Waals surface area contributed by atoms with E-state index in [4.69, 9.17) is 35.4 Å². The van der Waals surface area contributed by atoms with Crippen molar-refractivity contribution in [3.05, 3.63) is 0 Å². The highest BCUT2D eigenvalue weighted by atomic mass is 16.7. The fourth-order valence-corrected chi connectivity index (χ4v) is 1.01. The average molecular weight is 374 g/mol. The first kappa shape index (κ1) is 29.4. The zero-order chi connectivity index (χ0) is 20.1. The molecule has 9 nitrogen and oxygen atoms in total. The third kappa shape index (κ3) is 35.6. The Morgan fingerprint density at radius 3 is 1.28 bits per heavy atom. The molecular formula is C16H38O9. The lowest BCUT2D eigenvalue weighted by atomic mass is 10.4. The summed E-state index contributed by atoms with van der Waals surface area (Å²) in [6.07, 6.45) is -1.50. The molecular weight excluding hydrogens is 336 g/mol. The summed E-state index contributed by atoms with van der Waals surface area (Å²) in [5.41, 5.74) is 0. The lowest BCUT2D eigenvalue weighted by Crippen LogP contribution is -2.19. The summed E-state index contributed by atoms with van der Waals surface area (Å²) in [7, 11) is 0. The van der Waals surface area contributed by atoms with Crippen LogP contribution < -0.4 is 0 Å². The molecule has 0 aromatic heterocycles. The molecule has 0 saturated carbocycles. The SMILES string of the molecule is CC(O)COCC(C)O.CCC(O)OC(O)CC.OCCOCCO. The van der Waals surface area contributed by atoms with Gasteiger partial charge in [0.15, 0.2) is 12.6 Å². The monoisotopic (exact) mass is 374 g/mol. The van der Waals surface area contributed by atoms with Crippen LogP contribution in [0.1, 0.15) is 40.5 Å². The van der Waals surface area contributed by atoms with Crippen molar-refractivity contribution in [3.8, 4) is 0 Å². The molecule has 0 aliphatic rings. The molecule has 0 aliphatic heterocycles. The van der Waals surface area contributed by atoms with Gasteiger partial charge >= 0.3 is 0 Å². The van der Waals surface area contributed by atoms with Gasteiger partial charge in [-0.1, -0.05) is 13.8 Å². The standard InChI is InChI=1S/2C6H14O3.C4H10O3/c1-5(7)3-9-4-6(2)8;1-3-5(7)9-6(8)4-2;5-1-3-7-4-2-6/h2*5-8H,3-4H2,1-2H3;5-6H,1-4H2. The second-order valence-electron chi connectivity index (χ2n) is 5.16. The van der Waals surface area contributed by atoms with Gasteiger partial charge in [0, 0.05) is 0 Å². The molecule has 4 unspecified atom stereocenters. The Bertz CT molecular complexity index is 208. The molecule has 4 atom stereocenters. The predicted octanol–water partition coefficient (Wildman–Crippen LogP) is -0.788. The molecule has 0 heterocycles. The summed E-state index contributed by atoms with van der Waals surface area (Å²) in [4.78, 5) is 0. The summed E-state index contributed by atoms with van der Waals surface area (Å²) in [5, 5.41) is 51.0. The Hall–Kier alpha value is -0.360. The van der Waals surface area contributed by atoms with Crippen LogP contribution in [0.15, 0.2) is 0 Å². The fraction of sp³-hybridized carbons (Fsp3) is 1.00. The maximum atomic E-state index is 8.78. The van der Waals surface area contributed by atoms with Crippen molar-refractivity contribution >= 4 is 0 Å². The van der Waals surface area contributed by atoms with Gasteiger partial charge in [-0.25, -0.2) is 0 Å². The molecule has 0 saturated heterocycles. The minimum Gasteiger partial charge on any atom is -0.394 e. The smallest absolute Gasteiger partial charge is 0.157 e. The summed E-state index contributed by atoms with van der Waals surface area (Å²) in [6, 6.07) is 0. The summed E-state index contributed by atoms with van der Waals surface area (Å²) in [6.45, 7) is 8.14. The number of rotatable bonds is 12. The van der Waals surface area contributed by atoms with E-state index in [0.717, 1.165) is 0 Å². The minimum atomic E-state index is -0.819. The summed E-state index contributed by atoms with van der Waals surface area (Å²) < 4.78 is 14.1. The van der Waals surface area contributed by atoms with E-state index in [1.165, 1.54) is 0 Å². The number of hydrogen-bond donors (Lipinski definition) is 6. The molecule has 0 aromatic rings. The van der Waals surface area contributed by atoms with E-state index < -0.39 is 24.8 Å². The van der Waals surface area contributed by atoms with E-state index in [1.54, 1.807) is 27.7 Å². The summed E-state index contributed by atoms with van der Waals surface area (Å²) >= 11 is 0. The third-order valence-electron chi connectivity index (χ3n) is 2.20. The Kier molecular flexibility index (Phi) is 27.8. The van der Waals surface area contributed by atoms with Crippen molar-refractivity contribution in [3.63, 3.8) is 0 Å². The molecule has 0 rings (SSSR count). The van der Waals surface area contributed by atoms with Gasteiger partial charge < -0.3 is 44.8 Å². The van der Waals surface area contributed by atoms with Gasteiger partial charge in [0.05, 0.1) is 51.8 Å². The third-order valence-corrected chi connectivity index (χ3v) is 2.20. The van der Waals surface area contributed by atoms with Crippen molar-refractivity contribution in [1.82, 2.24) is 0 Å². The van der Waals surface area contributed by atoms with Gasteiger partial charge in [-0.3, -0.25) is 0 Å². The van der Waals surface area contributed by atoms with Crippen LogP contribution in [0.2, 0.25) is 0 Å². The molecule has 0 bridgehead atoms. The van der Waals surface area contributed by atoms with E-state index >= 15 is 0 Å². The van der Waals surface area contributed by atoms with Crippen LogP contribution >= 0.6 is 0 Å². The Morgan fingerprint density at radius 2 is 1.04 bits per heavy atom. The zero-order valence-corrected chi connectivity index (χ0v) is 15.9. The maximum absolute atomic E-state index is 8.78. The minimum absolute atomic E-state index is 0.0278.